The fourth-order valence-electron chi connectivity index (χ4n) is 1.36. The first-order valence-corrected chi connectivity index (χ1v) is 5.58. The molecule has 2 atom stereocenters. The molecule has 0 rings (SSSR count). The molecule has 0 radical (unpaired) electrons. The van der Waals surface area contributed by atoms with Crippen molar-refractivity contribution < 1.29 is 9.53 Å². The second-order valence-corrected chi connectivity index (χ2v) is 4.68. The molecule has 0 aliphatic carbocycles. The van der Waals surface area contributed by atoms with Gasteiger partial charge in [-0.25, -0.2) is 0 Å². The Labute approximate surface area is 98.3 Å². The number of carbonyl (C=O) groups excluding carboxylic acids is 1. The second-order valence-electron chi connectivity index (χ2n) is 4.68. The number of ether oxygens (including phenoxy) is 1. The van der Waals surface area contributed by atoms with Gasteiger partial charge in [0.25, 0.3) is 0 Å². The largest absolute Gasteiger partial charge is 0.383 e. The summed E-state index contributed by atoms with van der Waals surface area (Å²) in [4.78, 5) is 13.7. The van der Waals surface area contributed by atoms with Crippen LogP contribution in [0.4, 0.5) is 0 Å². The van der Waals surface area contributed by atoms with Crippen molar-refractivity contribution in [3.8, 4) is 0 Å². The van der Waals surface area contributed by atoms with Crippen molar-refractivity contribution >= 4 is 5.91 Å². The molecule has 5 nitrogen and oxygen atoms in total. The van der Waals surface area contributed by atoms with Crippen LogP contribution >= 0.6 is 0 Å². The third-order valence-electron chi connectivity index (χ3n) is 2.38. The van der Waals surface area contributed by atoms with E-state index >= 15 is 0 Å². The molecule has 0 aromatic heterocycles. The lowest BCUT2D eigenvalue weighted by Crippen LogP contribution is -2.51. The summed E-state index contributed by atoms with van der Waals surface area (Å²) in [7, 11) is 5.50. The third kappa shape index (κ3) is 6.05. The molecule has 0 saturated heterocycles. The van der Waals surface area contributed by atoms with Crippen molar-refractivity contribution in [2.45, 2.75) is 25.9 Å². The van der Waals surface area contributed by atoms with Crippen LogP contribution in [0.25, 0.3) is 0 Å². The Hall–Kier alpha value is -0.650. The Morgan fingerprint density at radius 2 is 2.00 bits per heavy atom. The Morgan fingerprint density at radius 1 is 1.44 bits per heavy atom. The molecule has 3 N–H and O–H groups in total. The lowest BCUT2D eigenvalue weighted by molar-refractivity contribution is -0.124. The van der Waals surface area contributed by atoms with Crippen LogP contribution in [0.2, 0.25) is 0 Å². The average molecular weight is 231 g/mol. The standard InChI is InChI=1S/C11H25N3O2/c1-8(2)10(6-14(3)4)13-11(15)9(12)7-16-5/h8-10H,6-7,12H2,1-5H3,(H,13,15). The van der Waals surface area contributed by atoms with Gasteiger partial charge in [-0.3, -0.25) is 4.79 Å². The van der Waals surface area contributed by atoms with E-state index in [0.717, 1.165) is 6.54 Å². The quantitative estimate of drug-likeness (QED) is 0.629. The van der Waals surface area contributed by atoms with Crippen molar-refractivity contribution in [1.82, 2.24) is 10.2 Å². The van der Waals surface area contributed by atoms with Gasteiger partial charge in [0.2, 0.25) is 5.91 Å². The minimum Gasteiger partial charge on any atom is -0.383 e. The van der Waals surface area contributed by atoms with E-state index in [1.807, 2.05) is 19.0 Å². The summed E-state index contributed by atoms with van der Waals surface area (Å²) in [6.07, 6.45) is 0. The molecule has 0 aliphatic heterocycles. The van der Waals surface area contributed by atoms with Crippen molar-refractivity contribution in [2.24, 2.45) is 11.7 Å². The van der Waals surface area contributed by atoms with Crippen molar-refractivity contribution in [3.05, 3.63) is 0 Å². The number of nitrogens with two attached hydrogens (primary N) is 1. The van der Waals surface area contributed by atoms with Gasteiger partial charge < -0.3 is 20.7 Å². The van der Waals surface area contributed by atoms with Crippen LogP contribution < -0.4 is 11.1 Å². The Kier molecular flexibility index (Phi) is 7.29. The predicted molar refractivity (Wildman–Crippen MR) is 65.2 cm³/mol. The molecule has 0 aliphatic rings. The van der Waals surface area contributed by atoms with Crippen LogP contribution in [0.5, 0.6) is 0 Å². The van der Waals surface area contributed by atoms with Gasteiger partial charge in [-0.15, -0.1) is 0 Å². The number of amides is 1. The molecule has 0 spiro atoms. The average Bonchev–Trinajstić information content (AvgIpc) is 2.16. The van der Waals surface area contributed by atoms with Crippen LogP contribution in [-0.2, 0) is 9.53 Å². The normalized spacial score (nSPS) is 15.2. The van der Waals surface area contributed by atoms with E-state index in [4.69, 9.17) is 10.5 Å². The molecular weight excluding hydrogens is 206 g/mol. The zero-order chi connectivity index (χ0) is 12.7. The summed E-state index contributed by atoms with van der Waals surface area (Å²) in [6.45, 7) is 5.22. The number of carbonyl (C=O) groups is 1. The van der Waals surface area contributed by atoms with Gasteiger partial charge in [0.1, 0.15) is 6.04 Å². The van der Waals surface area contributed by atoms with Gasteiger partial charge in [0.05, 0.1) is 6.61 Å². The summed E-state index contributed by atoms with van der Waals surface area (Å²) in [5.74, 6) is 0.225. The second kappa shape index (κ2) is 7.60. The predicted octanol–water partition coefficient (Wildman–Crippen LogP) is -0.337. The molecular formula is C11H25N3O2. The van der Waals surface area contributed by atoms with E-state index < -0.39 is 6.04 Å². The van der Waals surface area contributed by atoms with Gasteiger partial charge in [-0.1, -0.05) is 13.8 Å². The smallest absolute Gasteiger partial charge is 0.239 e. The van der Waals surface area contributed by atoms with E-state index in [1.54, 1.807) is 0 Å². The first-order valence-electron chi connectivity index (χ1n) is 5.58. The van der Waals surface area contributed by atoms with Gasteiger partial charge in [-0.2, -0.15) is 0 Å². The summed E-state index contributed by atoms with van der Waals surface area (Å²) >= 11 is 0. The minimum absolute atomic E-state index is 0.116. The summed E-state index contributed by atoms with van der Waals surface area (Å²) in [5.41, 5.74) is 5.66. The van der Waals surface area contributed by atoms with E-state index in [2.05, 4.69) is 19.2 Å². The number of methoxy groups -OCH3 is 1. The first kappa shape index (κ1) is 15.3. The minimum atomic E-state index is -0.589. The van der Waals surface area contributed by atoms with Crippen LogP contribution in [0.1, 0.15) is 13.8 Å². The third-order valence-corrected chi connectivity index (χ3v) is 2.38. The van der Waals surface area contributed by atoms with Gasteiger partial charge in [-0.05, 0) is 20.0 Å². The highest BCUT2D eigenvalue weighted by molar-refractivity contribution is 5.81. The fourth-order valence-corrected chi connectivity index (χ4v) is 1.36. The summed E-state index contributed by atoms with van der Waals surface area (Å²) in [5, 5.41) is 2.95. The van der Waals surface area contributed by atoms with Crippen molar-refractivity contribution in [3.63, 3.8) is 0 Å². The summed E-state index contributed by atoms with van der Waals surface area (Å²) < 4.78 is 4.85. The number of rotatable bonds is 7. The maximum Gasteiger partial charge on any atom is 0.239 e. The monoisotopic (exact) mass is 231 g/mol. The molecule has 0 bridgehead atoms. The molecule has 0 aromatic rings. The molecule has 5 heteroatoms. The molecule has 0 heterocycles. The number of hydrogen-bond acceptors (Lipinski definition) is 4. The fraction of sp³-hybridized carbons (Fsp3) is 0.909. The zero-order valence-corrected chi connectivity index (χ0v) is 11.0. The van der Waals surface area contributed by atoms with Crippen LogP contribution in [0.3, 0.4) is 0 Å². The van der Waals surface area contributed by atoms with Crippen molar-refractivity contribution in [2.75, 3.05) is 34.4 Å². The Bertz CT molecular complexity index is 207. The van der Waals surface area contributed by atoms with Crippen molar-refractivity contribution in [1.29, 1.82) is 0 Å². The van der Waals surface area contributed by atoms with E-state index in [-0.39, 0.29) is 18.6 Å². The number of nitrogens with zero attached hydrogens (tertiary/aromatic N) is 1. The van der Waals surface area contributed by atoms with E-state index in [0.29, 0.717) is 5.92 Å². The lowest BCUT2D eigenvalue weighted by atomic mass is 10.0. The van der Waals surface area contributed by atoms with Crippen LogP contribution in [-0.4, -0.2) is 57.2 Å². The van der Waals surface area contributed by atoms with Gasteiger partial charge in [0.15, 0.2) is 0 Å². The highest BCUT2D eigenvalue weighted by Crippen LogP contribution is 2.02. The number of likely N-dealkylation sites (N-methyl/N-ethyl adjacent to an activating group) is 1. The number of nitrogens with one attached hydrogen (secondary N) is 1. The molecule has 16 heavy (non-hydrogen) atoms. The SMILES string of the molecule is COCC(N)C(=O)NC(CN(C)C)C(C)C. The molecule has 2 unspecified atom stereocenters. The maximum absolute atomic E-state index is 11.7. The summed E-state index contributed by atoms with van der Waals surface area (Å²) in [6, 6.07) is -0.473. The topological polar surface area (TPSA) is 67.6 Å². The van der Waals surface area contributed by atoms with E-state index in [9.17, 15) is 4.79 Å². The Balaban J connectivity index is 4.23. The number of hydrogen-bond donors (Lipinski definition) is 2. The molecule has 0 aromatic carbocycles. The van der Waals surface area contributed by atoms with E-state index in [1.165, 1.54) is 7.11 Å². The zero-order valence-electron chi connectivity index (χ0n) is 11.0. The molecule has 96 valence electrons. The first-order chi connectivity index (χ1) is 7.38. The van der Waals surface area contributed by atoms with Gasteiger partial charge in [0, 0.05) is 19.7 Å². The molecule has 1 amide bonds. The van der Waals surface area contributed by atoms with Crippen LogP contribution in [0, 0.1) is 5.92 Å². The highest BCUT2D eigenvalue weighted by Gasteiger charge is 2.20. The van der Waals surface area contributed by atoms with Gasteiger partial charge >= 0.3 is 0 Å². The lowest BCUT2D eigenvalue weighted by Gasteiger charge is -2.26. The van der Waals surface area contributed by atoms with Crippen LogP contribution in [0.15, 0.2) is 0 Å². The molecule has 0 saturated carbocycles. The Morgan fingerprint density at radius 3 is 2.38 bits per heavy atom. The molecule has 0 fully saturated rings. The maximum atomic E-state index is 11.7. The highest BCUT2D eigenvalue weighted by atomic mass is 16.5.